The summed E-state index contributed by atoms with van der Waals surface area (Å²) in [4.78, 5) is 21.4. The lowest BCUT2D eigenvalue weighted by molar-refractivity contribution is -0.137. The molecular weight excluding hydrogens is 170 g/mol. The molecule has 4 heteroatoms. The van der Waals surface area contributed by atoms with Crippen LogP contribution >= 0.6 is 0 Å². The highest BCUT2D eigenvalue weighted by Gasteiger charge is 2.12. The Hall–Kier alpha value is -1.06. The van der Waals surface area contributed by atoms with Gasteiger partial charge in [0.05, 0.1) is 0 Å². The summed E-state index contributed by atoms with van der Waals surface area (Å²) in [6.07, 6.45) is 1.36. The van der Waals surface area contributed by atoms with Gasteiger partial charge in [0.25, 0.3) is 0 Å². The molecule has 0 aliphatic rings. The van der Waals surface area contributed by atoms with Crippen molar-refractivity contribution in [3.05, 3.63) is 0 Å². The van der Waals surface area contributed by atoms with Crippen LogP contribution in [0.15, 0.2) is 0 Å². The third-order valence-corrected chi connectivity index (χ3v) is 1.79. The molecule has 0 spiro atoms. The summed E-state index contributed by atoms with van der Waals surface area (Å²) < 4.78 is 0. The number of carbonyl (C=O) groups is 2. The Balaban J connectivity index is 3.62. The van der Waals surface area contributed by atoms with E-state index in [1.807, 2.05) is 6.92 Å². The van der Waals surface area contributed by atoms with Gasteiger partial charge in [-0.2, -0.15) is 0 Å². The maximum absolute atomic E-state index is 11.2. The van der Waals surface area contributed by atoms with Crippen LogP contribution in [0.2, 0.25) is 0 Å². The predicted octanol–water partition coefficient (Wildman–Crippen LogP) is 1.01. The number of hydrogen-bond donors (Lipinski definition) is 2. The van der Waals surface area contributed by atoms with Crippen molar-refractivity contribution in [1.82, 2.24) is 5.32 Å². The number of rotatable bonds is 6. The van der Waals surface area contributed by atoms with Crippen LogP contribution in [0.25, 0.3) is 0 Å². The summed E-state index contributed by atoms with van der Waals surface area (Å²) >= 11 is 0. The van der Waals surface area contributed by atoms with Crippen molar-refractivity contribution in [3.8, 4) is 0 Å². The quantitative estimate of drug-likeness (QED) is 0.652. The molecule has 0 saturated heterocycles. The second kappa shape index (κ2) is 6.46. The van der Waals surface area contributed by atoms with Crippen LogP contribution in [0.4, 0.5) is 0 Å². The Kier molecular flexibility index (Phi) is 5.93. The lowest BCUT2D eigenvalue weighted by Gasteiger charge is -2.09. The molecule has 1 unspecified atom stereocenters. The molecule has 0 aromatic carbocycles. The predicted molar refractivity (Wildman–Crippen MR) is 49.3 cm³/mol. The molecule has 4 nitrogen and oxygen atoms in total. The van der Waals surface area contributed by atoms with Crippen molar-refractivity contribution < 1.29 is 14.7 Å². The molecule has 0 aromatic heterocycles. The van der Waals surface area contributed by atoms with Crippen molar-refractivity contribution in [2.75, 3.05) is 6.54 Å². The molecule has 0 fully saturated rings. The molecule has 0 aliphatic heterocycles. The van der Waals surface area contributed by atoms with Gasteiger partial charge in [-0.05, 0) is 12.8 Å². The van der Waals surface area contributed by atoms with E-state index >= 15 is 0 Å². The molecular formula is C9H17NO3. The standard InChI is InChI=1S/C9H17NO3/c1-3-6-10-9(13)7(2)4-5-8(11)12/h7H,3-6H2,1-2H3,(H,10,13)(H,11,12). The first-order chi connectivity index (χ1) is 6.07. The van der Waals surface area contributed by atoms with E-state index < -0.39 is 5.97 Å². The Bertz CT molecular complexity index is 180. The minimum atomic E-state index is -0.852. The van der Waals surface area contributed by atoms with Gasteiger partial charge in [0.15, 0.2) is 0 Å². The van der Waals surface area contributed by atoms with Crippen molar-refractivity contribution in [2.24, 2.45) is 5.92 Å². The number of carboxylic acids is 1. The Morgan fingerprint density at radius 1 is 1.46 bits per heavy atom. The molecule has 13 heavy (non-hydrogen) atoms. The third-order valence-electron chi connectivity index (χ3n) is 1.79. The van der Waals surface area contributed by atoms with Gasteiger partial charge in [-0.15, -0.1) is 0 Å². The summed E-state index contributed by atoms with van der Waals surface area (Å²) in [6.45, 7) is 4.38. The highest BCUT2D eigenvalue weighted by atomic mass is 16.4. The Morgan fingerprint density at radius 3 is 2.54 bits per heavy atom. The maximum Gasteiger partial charge on any atom is 0.303 e. The van der Waals surface area contributed by atoms with Crippen molar-refractivity contribution in [2.45, 2.75) is 33.1 Å². The van der Waals surface area contributed by atoms with Crippen LogP contribution in [-0.4, -0.2) is 23.5 Å². The van der Waals surface area contributed by atoms with Gasteiger partial charge in [0.1, 0.15) is 0 Å². The molecule has 0 radical (unpaired) electrons. The van der Waals surface area contributed by atoms with Crippen LogP contribution in [0, 0.1) is 5.92 Å². The fraction of sp³-hybridized carbons (Fsp3) is 0.778. The smallest absolute Gasteiger partial charge is 0.303 e. The van der Waals surface area contributed by atoms with Crippen LogP contribution < -0.4 is 5.32 Å². The second-order valence-electron chi connectivity index (χ2n) is 3.12. The summed E-state index contributed by atoms with van der Waals surface area (Å²) in [5.41, 5.74) is 0. The van der Waals surface area contributed by atoms with E-state index in [0.717, 1.165) is 6.42 Å². The summed E-state index contributed by atoms with van der Waals surface area (Å²) in [5.74, 6) is -1.11. The van der Waals surface area contributed by atoms with Crippen LogP contribution in [0.3, 0.4) is 0 Å². The summed E-state index contributed by atoms with van der Waals surface area (Å²) in [7, 11) is 0. The van der Waals surface area contributed by atoms with Crippen LogP contribution in [-0.2, 0) is 9.59 Å². The lowest BCUT2D eigenvalue weighted by atomic mass is 10.1. The maximum atomic E-state index is 11.2. The van der Waals surface area contributed by atoms with Gasteiger partial charge in [-0.25, -0.2) is 0 Å². The Labute approximate surface area is 78.3 Å². The molecule has 0 rings (SSSR count). The van der Waals surface area contributed by atoms with E-state index in [1.165, 1.54) is 0 Å². The van der Waals surface area contributed by atoms with E-state index in [-0.39, 0.29) is 18.2 Å². The molecule has 0 aliphatic carbocycles. The van der Waals surface area contributed by atoms with Crippen molar-refractivity contribution in [1.29, 1.82) is 0 Å². The molecule has 0 aromatic rings. The zero-order valence-corrected chi connectivity index (χ0v) is 8.17. The number of carboxylic acid groups (broad SMARTS) is 1. The molecule has 76 valence electrons. The van der Waals surface area contributed by atoms with E-state index in [0.29, 0.717) is 13.0 Å². The second-order valence-corrected chi connectivity index (χ2v) is 3.12. The number of carbonyl (C=O) groups excluding carboxylic acids is 1. The van der Waals surface area contributed by atoms with Gasteiger partial charge in [0, 0.05) is 18.9 Å². The largest absolute Gasteiger partial charge is 0.481 e. The van der Waals surface area contributed by atoms with E-state index in [2.05, 4.69) is 5.32 Å². The van der Waals surface area contributed by atoms with Gasteiger partial charge < -0.3 is 10.4 Å². The first-order valence-electron chi connectivity index (χ1n) is 4.57. The van der Waals surface area contributed by atoms with E-state index in [9.17, 15) is 9.59 Å². The zero-order valence-electron chi connectivity index (χ0n) is 8.17. The lowest BCUT2D eigenvalue weighted by Crippen LogP contribution is -2.30. The van der Waals surface area contributed by atoms with E-state index in [1.54, 1.807) is 6.92 Å². The minimum Gasteiger partial charge on any atom is -0.481 e. The molecule has 0 heterocycles. The SMILES string of the molecule is CCCNC(=O)C(C)CCC(=O)O. The average Bonchev–Trinajstić information content (AvgIpc) is 2.10. The molecule has 1 amide bonds. The fourth-order valence-corrected chi connectivity index (χ4v) is 0.894. The fourth-order valence-electron chi connectivity index (χ4n) is 0.894. The van der Waals surface area contributed by atoms with Crippen molar-refractivity contribution in [3.63, 3.8) is 0 Å². The Morgan fingerprint density at radius 2 is 2.08 bits per heavy atom. The average molecular weight is 187 g/mol. The number of nitrogens with one attached hydrogen (secondary N) is 1. The monoisotopic (exact) mass is 187 g/mol. The number of amides is 1. The highest BCUT2D eigenvalue weighted by molar-refractivity contribution is 5.78. The first-order valence-corrected chi connectivity index (χ1v) is 4.57. The zero-order chi connectivity index (χ0) is 10.3. The summed E-state index contributed by atoms with van der Waals surface area (Å²) in [5, 5.41) is 11.1. The topological polar surface area (TPSA) is 66.4 Å². The third kappa shape index (κ3) is 6.13. The van der Waals surface area contributed by atoms with Crippen LogP contribution in [0.5, 0.6) is 0 Å². The number of hydrogen-bond acceptors (Lipinski definition) is 2. The highest BCUT2D eigenvalue weighted by Crippen LogP contribution is 2.05. The molecule has 1 atom stereocenters. The minimum absolute atomic E-state index is 0.0527. The van der Waals surface area contributed by atoms with E-state index in [4.69, 9.17) is 5.11 Å². The summed E-state index contributed by atoms with van der Waals surface area (Å²) in [6, 6.07) is 0. The van der Waals surface area contributed by atoms with Crippen molar-refractivity contribution >= 4 is 11.9 Å². The van der Waals surface area contributed by atoms with Gasteiger partial charge in [-0.1, -0.05) is 13.8 Å². The van der Waals surface area contributed by atoms with Gasteiger partial charge in [-0.3, -0.25) is 9.59 Å². The van der Waals surface area contributed by atoms with Gasteiger partial charge in [0.2, 0.25) is 5.91 Å². The normalized spacial score (nSPS) is 12.2. The molecule has 2 N–H and O–H groups in total. The first kappa shape index (κ1) is 11.9. The molecule has 0 saturated carbocycles. The number of aliphatic carboxylic acids is 1. The molecule has 0 bridgehead atoms. The van der Waals surface area contributed by atoms with Crippen LogP contribution in [0.1, 0.15) is 33.1 Å². The van der Waals surface area contributed by atoms with Gasteiger partial charge >= 0.3 is 5.97 Å².